The molecule has 4 nitrogen and oxygen atoms in total. The summed E-state index contributed by atoms with van der Waals surface area (Å²) in [6.45, 7) is 4.20. The zero-order chi connectivity index (χ0) is 13.2. The second-order valence-electron chi connectivity index (χ2n) is 5.04. The van der Waals surface area contributed by atoms with Gasteiger partial charge in [0.25, 0.3) is 0 Å². The van der Waals surface area contributed by atoms with Crippen LogP contribution in [-0.4, -0.2) is 33.5 Å². The molecule has 0 bridgehead atoms. The zero-order valence-corrected chi connectivity index (χ0v) is 11.4. The first-order valence-corrected chi connectivity index (χ1v) is 6.95. The van der Waals surface area contributed by atoms with Gasteiger partial charge in [-0.15, -0.1) is 11.8 Å². The quantitative estimate of drug-likeness (QED) is 0.850. The van der Waals surface area contributed by atoms with Gasteiger partial charge in [-0.25, -0.2) is 9.78 Å². The summed E-state index contributed by atoms with van der Waals surface area (Å²) in [4.78, 5) is 15.0. The van der Waals surface area contributed by atoms with E-state index in [2.05, 4.69) is 18.8 Å². The fourth-order valence-electron chi connectivity index (χ4n) is 1.99. The Morgan fingerprint density at radius 1 is 1.67 bits per heavy atom. The average molecular weight is 267 g/mol. The van der Waals surface area contributed by atoms with Crippen molar-refractivity contribution in [2.75, 3.05) is 5.75 Å². The zero-order valence-electron chi connectivity index (χ0n) is 10.5. The topological polar surface area (TPSA) is 59.4 Å². The number of carboxylic acid groups (broad SMARTS) is 1. The molecule has 5 heteroatoms. The third-order valence-corrected chi connectivity index (χ3v) is 4.01. The van der Waals surface area contributed by atoms with Gasteiger partial charge in [-0.05, 0) is 38.8 Å². The highest BCUT2D eigenvalue weighted by atomic mass is 32.2. The van der Waals surface area contributed by atoms with Crippen LogP contribution in [0.3, 0.4) is 0 Å². The molecule has 0 amide bonds. The van der Waals surface area contributed by atoms with E-state index in [4.69, 9.17) is 9.84 Å². The number of nitrogens with zero attached hydrogens (tertiary/aromatic N) is 1. The molecule has 1 saturated heterocycles. The summed E-state index contributed by atoms with van der Waals surface area (Å²) >= 11 is 1.55. The smallest absolute Gasteiger partial charge is 0.335 e. The highest BCUT2D eigenvalue weighted by Crippen LogP contribution is 2.32. The van der Waals surface area contributed by atoms with E-state index in [0.29, 0.717) is 0 Å². The Morgan fingerprint density at radius 2 is 2.44 bits per heavy atom. The fraction of sp³-hybridized carbons (Fsp3) is 0.538. The molecule has 1 N–H and O–H groups in total. The van der Waals surface area contributed by atoms with Crippen molar-refractivity contribution in [2.45, 2.75) is 43.4 Å². The van der Waals surface area contributed by atoms with Gasteiger partial charge in [0, 0.05) is 11.9 Å². The Hall–Kier alpha value is -1.07. The first-order chi connectivity index (χ1) is 8.46. The van der Waals surface area contributed by atoms with Crippen LogP contribution in [0.4, 0.5) is 0 Å². The molecule has 1 aromatic heterocycles. The molecule has 0 spiro atoms. The molecule has 1 unspecified atom stereocenters. The Bertz CT molecular complexity index is 448. The summed E-state index contributed by atoms with van der Waals surface area (Å²) in [5.41, 5.74) is 0.252. The lowest BCUT2D eigenvalue weighted by Gasteiger charge is -2.18. The van der Waals surface area contributed by atoms with E-state index in [1.165, 1.54) is 12.3 Å². The largest absolute Gasteiger partial charge is 0.478 e. The monoisotopic (exact) mass is 267 g/mol. The van der Waals surface area contributed by atoms with Crippen molar-refractivity contribution in [1.82, 2.24) is 4.98 Å². The molecule has 0 aromatic carbocycles. The first-order valence-electron chi connectivity index (χ1n) is 5.96. The molecule has 2 heterocycles. The molecule has 0 aliphatic carbocycles. The Labute approximate surface area is 111 Å². The van der Waals surface area contributed by atoms with Crippen LogP contribution in [0.1, 0.15) is 37.0 Å². The maximum atomic E-state index is 10.8. The third-order valence-electron chi connectivity index (χ3n) is 2.95. The van der Waals surface area contributed by atoms with Gasteiger partial charge in [0.05, 0.1) is 22.3 Å². The number of ether oxygens (including phenoxy) is 1. The summed E-state index contributed by atoms with van der Waals surface area (Å²) in [7, 11) is 0. The summed E-state index contributed by atoms with van der Waals surface area (Å²) in [6, 6.07) is 3.11. The van der Waals surface area contributed by atoms with Gasteiger partial charge in [0.1, 0.15) is 0 Å². The summed E-state index contributed by atoms with van der Waals surface area (Å²) < 4.78 is 5.88. The van der Waals surface area contributed by atoms with E-state index in [1.54, 1.807) is 17.8 Å². The number of aromatic carboxylic acids is 1. The first kappa shape index (κ1) is 13.4. The number of hydrogen-bond acceptors (Lipinski definition) is 4. The van der Waals surface area contributed by atoms with E-state index in [9.17, 15) is 4.79 Å². The molecule has 1 aliphatic rings. The SMILES string of the molecule is CC1(C)CCC(CSc2cc(C(=O)O)ccn2)O1. The molecule has 18 heavy (non-hydrogen) atoms. The Balaban J connectivity index is 1.91. The summed E-state index contributed by atoms with van der Waals surface area (Å²) in [5, 5.41) is 9.63. The fourth-order valence-corrected chi connectivity index (χ4v) is 2.93. The van der Waals surface area contributed by atoms with Gasteiger partial charge < -0.3 is 9.84 Å². The van der Waals surface area contributed by atoms with Crippen molar-refractivity contribution in [2.24, 2.45) is 0 Å². The van der Waals surface area contributed by atoms with Crippen LogP contribution >= 0.6 is 11.8 Å². The van der Waals surface area contributed by atoms with Crippen LogP contribution in [0.15, 0.2) is 23.4 Å². The molecule has 1 fully saturated rings. The summed E-state index contributed by atoms with van der Waals surface area (Å²) in [5.74, 6) is -0.100. The molecule has 1 aliphatic heterocycles. The van der Waals surface area contributed by atoms with Crippen molar-refractivity contribution in [3.8, 4) is 0 Å². The number of thioether (sulfide) groups is 1. The molecular formula is C13H17NO3S. The highest BCUT2D eigenvalue weighted by Gasteiger charge is 2.31. The van der Waals surface area contributed by atoms with Crippen molar-refractivity contribution in [3.63, 3.8) is 0 Å². The van der Waals surface area contributed by atoms with Crippen molar-refractivity contribution < 1.29 is 14.6 Å². The van der Waals surface area contributed by atoms with Gasteiger partial charge in [0.2, 0.25) is 0 Å². The van der Waals surface area contributed by atoms with Crippen LogP contribution in [0, 0.1) is 0 Å². The lowest BCUT2D eigenvalue weighted by Crippen LogP contribution is -2.21. The maximum absolute atomic E-state index is 10.8. The molecule has 1 atom stereocenters. The van der Waals surface area contributed by atoms with Crippen molar-refractivity contribution in [3.05, 3.63) is 23.9 Å². The van der Waals surface area contributed by atoms with Crippen LogP contribution in [0.2, 0.25) is 0 Å². The van der Waals surface area contributed by atoms with E-state index in [0.717, 1.165) is 23.6 Å². The van der Waals surface area contributed by atoms with Crippen molar-refractivity contribution >= 4 is 17.7 Å². The highest BCUT2D eigenvalue weighted by molar-refractivity contribution is 7.99. The predicted molar refractivity (Wildman–Crippen MR) is 70.1 cm³/mol. The van der Waals surface area contributed by atoms with Crippen LogP contribution in [0.25, 0.3) is 0 Å². The van der Waals surface area contributed by atoms with Gasteiger partial charge in [-0.3, -0.25) is 0 Å². The minimum absolute atomic E-state index is 0.0262. The number of carbonyl (C=O) groups is 1. The molecule has 0 radical (unpaired) electrons. The van der Waals surface area contributed by atoms with E-state index >= 15 is 0 Å². The second kappa shape index (κ2) is 5.28. The van der Waals surface area contributed by atoms with Gasteiger partial charge in [0.15, 0.2) is 0 Å². The molecule has 2 rings (SSSR count). The number of hydrogen-bond donors (Lipinski definition) is 1. The van der Waals surface area contributed by atoms with Gasteiger partial charge >= 0.3 is 5.97 Å². The van der Waals surface area contributed by atoms with E-state index in [1.807, 2.05) is 0 Å². The van der Waals surface area contributed by atoms with Crippen LogP contribution in [0.5, 0.6) is 0 Å². The lowest BCUT2D eigenvalue weighted by atomic mass is 10.1. The van der Waals surface area contributed by atoms with Crippen LogP contribution < -0.4 is 0 Å². The maximum Gasteiger partial charge on any atom is 0.335 e. The lowest BCUT2D eigenvalue weighted by molar-refractivity contribution is -0.00467. The number of rotatable bonds is 4. The molecule has 0 saturated carbocycles. The average Bonchev–Trinajstić information content (AvgIpc) is 2.67. The van der Waals surface area contributed by atoms with Gasteiger partial charge in [-0.2, -0.15) is 0 Å². The second-order valence-corrected chi connectivity index (χ2v) is 6.08. The molecular weight excluding hydrogens is 250 g/mol. The Morgan fingerprint density at radius 3 is 3.06 bits per heavy atom. The van der Waals surface area contributed by atoms with Crippen molar-refractivity contribution in [1.29, 1.82) is 0 Å². The van der Waals surface area contributed by atoms with E-state index < -0.39 is 5.97 Å². The number of carboxylic acids is 1. The van der Waals surface area contributed by atoms with Gasteiger partial charge in [-0.1, -0.05) is 0 Å². The van der Waals surface area contributed by atoms with E-state index in [-0.39, 0.29) is 17.3 Å². The minimum atomic E-state index is -0.919. The molecule has 1 aromatic rings. The normalized spacial score (nSPS) is 22.0. The molecule has 98 valence electrons. The summed E-state index contributed by atoms with van der Waals surface area (Å²) in [6.07, 6.45) is 3.89. The third kappa shape index (κ3) is 3.46. The standard InChI is InChI=1S/C13H17NO3S/c1-13(2)5-3-10(17-13)8-18-11-7-9(12(15)16)4-6-14-11/h4,6-7,10H,3,5,8H2,1-2H3,(H,15,16). The Kier molecular flexibility index (Phi) is 3.92. The number of pyridine rings is 1. The number of aromatic nitrogens is 1. The minimum Gasteiger partial charge on any atom is -0.478 e. The van der Waals surface area contributed by atoms with Crippen LogP contribution in [-0.2, 0) is 4.74 Å². The predicted octanol–water partition coefficient (Wildman–Crippen LogP) is 2.83.